The molecule has 116 valence electrons. The molecular weight excluding hydrogens is 321 g/mol. The smallest absolute Gasteiger partial charge is 0.265 e. The van der Waals surface area contributed by atoms with Gasteiger partial charge in [0.05, 0.1) is 0 Å². The second kappa shape index (κ2) is 7.03. The number of carbonyl (C=O) groups excluding carboxylic acids is 1. The Bertz CT molecular complexity index is 678. The van der Waals surface area contributed by atoms with Gasteiger partial charge in [-0.05, 0) is 62.2 Å². The van der Waals surface area contributed by atoms with Gasteiger partial charge < -0.3 is 10.1 Å². The van der Waals surface area contributed by atoms with Crippen LogP contribution in [0.15, 0.2) is 36.4 Å². The molecule has 1 atom stereocenters. The fourth-order valence-electron chi connectivity index (χ4n) is 2.04. The maximum Gasteiger partial charge on any atom is 0.265 e. The molecule has 2 aromatic rings. The van der Waals surface area contributed by atoms with Gasteiger partial charge >= 0.3 is 0 Å². The monoisotopic (exact) mass is 337 g/mol. The molecule has 22 heavy (non-hydrogen) atoms. The molecule has 2 aromatic carbocycles. The first-order valence-corrected chi connectivity index (χ1v) is 7.62. The number of anilines is 1. The van der Waals surface area contributed by atoms with Crippen LogP contribution < -0.4 is 10.1 Å². The van der Waals surface area contributed by atoms with Crippen molar-refractivity contribution in [3.63, 3.8) is 0 Å². The lowest BCUT2D eigenvalue weighted by Gasteiger charge is -2.16. The SMILES string of the molecule is Cc1cc(OC(C)C(=O)Nc2cccc(Cl)c2)cc(C)c1Cl. The highest BCUT2D eigenvalue weighted by atomic mass is 35.5. The van der Waals surface area contributed by atoms with E-state index in [1.165, 1.54) is 0 Å². The largest absolute Gasteiger partial charge is 0.481 e. The third kappa shape index (κ3) is 4.15. The number of nitrogens with one attached hydrogen (secondary N) is 1. The van der Waals surface area contributed by atoms with Crippen LogP contribution in [-0.4, -0.2) is 12.0 Å². The van der Waals surface area contributed by atoms with Gasteiger partial charge in [-0.25, -0.2) is 0 Å². The Morgan fingerprint density at radius 3 is 2.36 bits per heavy atom. The van der Waals surface area contributed by atoms with Crippen molar-refractivity contribution in [1.29, 1.82) is 0 Å². The zero-order valence-electron chi connectivity index (χ0n) is 12.6. The lowest BCUT2D eigenvalue weighted by Crippen LogP contribution is -2.30. The Balaban J connectivity index is 2.05. The molecule has 3 nitrogen and oxygen atoms in total. The fraction of sp³-hybridized carbons (Fsp3) is 0.235. The Morgan fingerprint density at radius 1 is 1.14 bits per heavy atom. The van der Waals surface area contributed by atoms with Crippen LogP contribution in [0.5, 0.6) is 5.75 Å². The second-order valence-corrected chi connectivity index (χ2v) is 5.95. The highest BCUT2D eigenvalue weighted by molar-refractivity contribution is 6.32. The van der Waals surface area contributed by atoms with E-state index in [1.807, 2.05) is 26.0 Å². The van der Waals surface area contributed by atoms with Gasteiger partial charge in [0, 0.05) is 15.7 Å². The van der Waals surface area contributed by atoms with E-state index >= 15 is 0 Å². The van der Waals surface area contributed by atoms with Gasteiger partial charge in [0.2, 0.25) is 0 Å². The lowest BCUT2D eigenvalue weighted by molar-refractivity contribution is -0.122. The van der Waals surface area contributed by atoms with E-state index in [1.54, 1.807) is 31.2 Å². The Labute approximate surface area is 140 Å². The molecule has 1 amide bonds. The number of ether oxygens (including phenoxy) is 1. The zero-order chi connectivity index (χ0) is 16.3. The number of hydrogen-bond donors (Lipinski definition) is 1. The van der Waals surface area contributed by atoms with Crippen molar-refractivity contribution in [1.82, 2.24) is 0 Å². The minimum absolute atomic E-state index is 0.243. The predicted molar refractivity (Wildman–Crippen MR) is 91.1 cm³/mol. The van der Waals surface area contributed by atoms with Crippen LogP contribution in [0.25, 0.3) is 0 Å². The van der Waals surface area contributed by atoms with Gasteiger partial charge in [-0.2, -0.15) is 0 Å². The van der Waals surface area contributed by atoms with Gasteiger partial charge in [-0.3, -0.25) is 4.79 Å². The zero-order valence-corrected chi connectivity index (χ0v) is 14.1. The van der Waals surface area contributed by atoms with Crippen molar-refractivity contribution in [2.45, 2.75) is 26.9 Å². The maximum atomic E-state index is 12.2. The molecule has 0 spiro atoms. The summed E-state index contributed by atoms with van der Waals surface area (Å²) in [4.78, 5) is 12.2. The van der Waals surface area contributed by atoms with Gasteiger partial charge in [0.1, 0.15) is 5.75 Å². The number of amides is 1. The minimum atomic E-state index is -0.640. The average Bonchev–Trinajstić information content (AvgIpc) is 2.44. The first-order chi connectivity index (χ1) is 10.4. The van der Waals surface area contributed by atoms with Crippen molar-refractivity contribution in [2.24, 2.45) is 0 Å². The number of carbonyl (C=O) groups is 1. The Hall–Kier alpha value is -1.71. The molecule has 0 aliphatic rings. The first-order valence-electron chi connectivity index (χ1n) is 6.86. The normalized spacial score (nSPS) is 11.9. The summed E-state index contributed by atoms with van der Waals surface area (Å²) in [5.41, 5.74) is 2.47. The third-order valence-electron chi connectivity index (χ3n) is 3.18. The second-order valence-electron chi connectivity index (χ2n) is 5.13. The molecule has 0 radical (unpaired) electrons. The standard InChI is InChI=1S/C17H17Cl2NO2/c1-10-7-15(8-11(2)16(10)19)22-12(3)17(21)20-14-6-4-5-13(18)9-14/h4-9,12H,1-3H3,(H,20,21). The molecule has 0 aromatic heterocycles. The van der Waals surface area contributed by atoms with E-state index in [2.05, 4.69) is 5.32 Å². The van der Waals surface area contributed by atoms with Gasteiger partial charge in [0.25, 0.3) is 5.91 Å². The molecule has 0 aliphatic carbocycles. The number of aryl methyl sites for hydroxylation is 2. The summed E-state index contributed by atoms with van der Waals surface area (Å²) in [6, 6.07) is 10.6. The lowest BCUT2D eigenvalue weighted by atomic mass is 10.1. The van der Waals surface area contributed by atoms with E-state index in [0.29, 0.717) is 21.5 Å². The summed E-state index contributed by atoms with van der Waals surface area (Å²) in [6.45, 7) is 5.50. The van der Waals surface area contributed by atoms with E-state index in [9.17, 15) is 4.79 Å². The average molecular weight is 338 g/mol. The van der Waals surface area contributed by atoms with Gasteiger partial charge in [0.15, 0.2) is 6.10 Å². The summed E-state index contributed by atoms with van der Waals surface area (Å²) in [6.07, 6.45) is -0.640. The minimum Gasteiger partial charge on any atom is -0.481 e. The summed E-state index contributed by atoms with van der Waals surface area (Å²) < 4.78 is 5.69. The number of rotatable bonds is 4. The fourth-order valence-corrected chi connectivity index (χ4v) is 2.34. The van der Waals surface area contributed by atoms with Crippen LogP contribution >= 0.6 is 23.2 Å². The molecule has 2 rings (SSSR count). The predicted octanol–water partition coefficient (Wildman–Crippen LogP) is 5.02. The molecule has 0 fully saturated rings. The molecule has 5 heteroatoms. The number of hydrogen-bond acceptors (Lipinski definition) is 2. The van der Waals surface area contributed by atoms with Gasteiger partial charge in [-0.15, -0.1) is 0 Å². The van der Waals surface area contributed by atoms with Crippen molar-refractivity contribution in [3.05, 3.63) is 57.6 Å². The molecule has 0 saturated carbocycles. The quantitative estimate of drug-likeness (QED) is 0.850. The molecule has 1 unspecified atom stereocenters. The maximum absolute atomic E-state index is 12.2. The third-order valence-corrected chi connectivity index (χ3v) is 4.02. The molecule has 0 heterocycles. The Morgan fingerprint density at radius 2 is 1.77 bits per heavy atom. The molecular formula is C17H17Cl2NO2. The van der Waals surface area contributed by atoms with Crippen LogP contribution in [0.3, 0.4) is 0 Å². The first kappa shape index (κ1) is 16.7. The van der Waals surface area contributed by atoms with Crippen molar-refractivity contribution in [3.8, 4) is 5.75 Å². The highest BCUT2D eigenvalue weighted by Gasteiger charge is 2.16. The van der Waals surface area contributed by atoms with Crippen LogP contribution in [-0.2, 0) is 4.79 Å². The van der Waals surface area contributed by atoms with Crippen LogP contribution in [0.4, 0.5) is 5.69 Å². The van der Waals surface area contributed by atoms with E-state index in [0.717, 1.165) is 11.1 Å². The summed E-state index contributed by atoms with van der Waals surface area (Å²) in [5, 5.41) is 4.05. The molecule has 0 saturated heterocycles. The van der Waals surface area contributed by atoms with Crippen LogP contribution in [0.2, 0.25) is 10.0 Å². The summed E-state index contributed by atoms with van der Waals surface area (Å²) in [5.74, 6) is 0.376. The van der Waals surface area contributed by atoms with Crippen LogP contribution in [0, 0.1) is 13.8 Å². The van der Waals surface area contributed by atoms with Crippen LogP contribution in [0.1, 0.15) is 18.1 Å². The molecule has 0 aliphatic heterocycles. The number of halogens is 2. The highest BCUT2D eigenvalue weighted by Crippen LogP contribution is 2.26. The molecule has 0 bridgehead atoms. The summed E-state index contributed by atoms with van der Waals surface area (Å²) in [7, 11) is 0. The van der Waals surface area contributed by atoms with E-state index < -0.39 is 6.10 Å². The van der Waals surface area contributed by atoms with Gasteiger partial charge in [-0.1, -0.05) is 29.3 Å². The van der Waals surface area contributed by atoms with Crippen molar-refractivity contribution >= 4 is 34.8 Å². The topological polar surface area (TPSA) is 38.3 Å². The van der Waals surface area contributed by atoms with Crippen molar-refractivity contribution < 1.29 is 9.53 Å². The molecule has 1 N–H and O–H groups in total. The summed E-state index contributed by atoms with van der Waals surface area (Å²) >= 11 is 12.0. The Kier molecular flexibility index (Phi) is 5.33. The van der Waals surface area contributed by atoms with Crippen molar-refractivity contribution in [2.75, 3.05) is 5.32 Å². The number of benzene rings is 2. The van der Waals surface area contributed by atoms with E-state index in [4.69, 9.17) is 27.9 Å². The van der Waals surface area contributed by atoms with E-state index in [-0.39, 0.29) is 5.91 Å².